The number of urea groups is 1. The number of carboxylic acids is 1. The lowest BCUT2D eigenvalue weighted by molar-refractivity contribution is -0.137. The number of carbonyl (C=O) groups excluding carboxylic acids is 1. The predicted molar refractivity (Wildman–Crippen MR) is 80.7 cm³/mol. The third-order valence-corrected chi connectivity index (χ3v) is 2.94. The van der Waals surface area contributed by atoms with Crippen LogP contribution in [0.25, 0.3) is 0 Å². The first-order chi connectivity index (χ1) is 10.1. The van der Waals surface area contributed by atoms with Crippen LogP contribution in [0, 0.1) is 12.3 Å². The Hall–Kier alpha value is -2.48. The van der Waals surface area contributed by atoms with E-state index in [4.69, 9.17) is 11.5 Å². The minimum Gasteiger partial charge on any atom is -0.481 e. The van der Waals surface area contributed by atoms with E-state index in [-0.39, 0.29) is 18.5 Å². The lowest BCUT2D eigenvalue weighted by atomic mass is 10.0. The van der Waals surface area contributed by atoms with Crippen LogP contribution in [0.4, 0.5) is 4.79 Å². The number of carbonyl (C=O) groups is 2. The molecule has 0 bridgehead atoms. The number of nitrogens with one attached hydrogen (secondary N) is 2. The highest BCUT2D eigenvalue weighted by molar-refractivity contribution is 5.74. The first-order valence-electron chi connectivity index (χ1n) is 6.88. The van der Waals surface area contributed by atoms with Crippen molar-refractivity contribution in [3.63, 3.8) is 0 Å². The maximum absolute atomic E-state index is 11.8. The zero-order valence-electron chi connectivity index (χ0n) is 11.8. The normalized spacial score (nSPS) is 11.2. The summed E-state index contributed by atoms with van der Waals surface area (Å²) in [6.45, 7) is 0.497. The highest BCUT2D eigenvalue weighted by Crippen LogP contribution is 2.18. The van der Waals surface area contributed by atoms with E-state index in [0.717, 1.165) is 12.0 Å². The van der Waals surface area contributed by atoms with E-state index in [0.29, 0.717) is 19.4 Å². The second kappa shape index (κ2) is 9.43. The Kier molecular flexibility index (Phi) is 7.44. The summed E-state index contributed by atoms with van der Waals surface area (Å²) in [4.78, 5) is 22.5. The number of benzene rings is 1. The Morgan fingerprint density at radius 3 is 2.62 bits per heavy atom. The number of hydrogen-bond acceptors (Lipinski definition) is 2. The number of aliphatic carboxylic acids is 1. The van der Waals surface area contributed by atoms with Gasteiger partial charge in [0.2, 0.25) is 0 Å². The van der Waals surface area contributed by atoms with E-state index >= 15 is 0 Å². The highest BCUT2D eigenvalue weighted by Gasteiger charge is 2.15. The topological polar surface area (TPSA) is 78.4 Å². The quantitative estimate of drug-likeness (QED) is 0.507. The first kappa shape index (κ1) is 16.6. The minimum absolute atomic E-state index is 0.00304. The number of terminal acetylenes is 1. The van der Waals surface area contributed by atoms with Gasteiger partial charge in [-0.25, -0.2) is 4.79 Å². The second-order valence-corrected chi connectivity index (χ2v) is 4.60. The zero-order valence-corrected chi connectivity index (χ0v) is 11.8. The SMILES string of the molecule is C#CCCCNC(=O)NC(CCC(=O)O)c1ccccc1. The summed E-state index contributed by atoms with van der Waals surface area (Å²) in [6.07, 6.45) is 6.81. The van der Waals surface area contributed by atoms with E-state index in [2.05, 4.69) is 16.6 Å². The average molecular weight is 288 g/mol. The molecule has 112 valence electrons. The molecule has 21 heavy (non-hydrogen) atoms. The van der Waals surface area contributed by atoms with Gasteiger partial charge in [0.25, 0.3) is 0 Å². The molecule has 0 aromatic heterocycles. The Morgan fingerprint density at radius 1 is 1.29 bits per heavy atom. The largest absolute Gasteiger partial charge is 0.481 e. The van der Waals surface area contributed by atoms with Crippen LogP contribution in [-0.4, -0.2) is 23.7 Å². The van der Waals surface area contributed by atoms with E-state index in [1.54, 1.807) is 0 Å². The highest BCUT2D eigenvalue weighted by atomic mass is 16.4. The van der Waals surface area contributed by atoms with Crippen LogP contribution in [-0.2, 0) is 4.79 Å². The van der Waals surface area contributed by atoms with Crippen LogP contribution in [0.2, 0.25) is 0 Å². The Labute approximate surface area is 124 Å². The van der Waals surface area contributed by atoms with Crippen LogP contribution in [0.1, 0.15) is 37.3 Å². The molecule has 1 atom stereocenters. The third kappa shape index (κ3) is 7.02. The van der Waals surface area contributed by atoms with Gasteiger partial charge in [-0.15, -0.1) is 12.3 Å². The van der Waals surface area contributed by atoms with Crippen LogP contribution in [0.3, 0.4) is 0 Å². The van der Waals surface area contributed by atoms with E-state index in [1.807, 2.05) is 30.3 Å². The lowest BCUT2D eigenvalue weighted by Crippen LogP contribution is -2.38. The summed E-state index contributed by atoms with van der Waals surface area (Å²) in [5.74, 6) is 1.62. The molecule has 0 fully saturated rings. The molecular formula is C16H20N2O3. The summed E-state index contributed by atoms with van der Waals surface area (Å²) in [6, 6.07) is 8.68. The van der Waals surface area contributed by atoms with Crippen LogP contribution in [0.5, 0.6) is 0 Å². The van der Waals surface area contributed by atoms with Gasteiger partial charge in [-0.05, 0) is 18.4 Å². The fraction of sp³-hybridized carbons (Fsp3) is 0.375. The van der Waals surface area contributed by atoms with Gasteiger partial charge < -0.3 is 15.7 Å². The molecule has 1 unspecified atom stereocenters. The molecule has 5 heteroatoms. The van der Waals surface area contributed by atoms with E-state index < -0.39 is 5.97 Å². The molecule has 0 aliphatic heterocycles. The maximum atomic E-state index is 11.8. The van der Waals surface area contributed by atoms with Gasteiger partial charge in [-0.3, -0.25) is 4.79 Å². The van der Waals surface area contributed by atoms with Crippen molar-refractivity contribution in [2.45, 2.75) is 31.7 Å². The van der Waals surface area contributed by atoms with Gasteiger partial charge in [0.15, 0.2) is 0 Å². The predicted octanol–water partition coefficient (Wildman–Crippen LogP) is 2.31. The fourth-order valence-corrected chi connectivity index (χ4v) is 1.88. The monoisotopic (exact) mass is 288 g/mol. The number of rotatable bonds is 8. The van der Waals surface area contributed by atoms with E-state index in [9.17, 15) is 9.59 Å². The summed E-state index contributed by atoms with van der Waals surface area (Å²) in [5, 5.41) is 14.3. The van der Waals surface area contributed by atoms with Crippen molar-refractivity contribution in [3.8, 4) is 12.3 Å². The van der Waals surface area contributed by atoms with Gasteiger partial charge in [0.1, 0.15) is 0 Å². The summed E-state index contributed by atoms with van der Waals surface area (Å²) >= 11 is 0. The smallest absolute Gasteiger partial charge is 0.315 e. The molecule has 5 nitrogen and oxygen atoms in total. The van der Waals surface area contributed by atoms with Gasteiger partial charge >= 0.3 is 12.0 Å². The molecule has 1 aromatic carbocycles. The molecule has 0 spiro atoms. The van der Waals surface area contributed by atoms with Crippen molar-refractivity contribution in [3.05, 3.63) is 35.9 Å². The van der Waals surface area contributed by atoms with Gasteiger partial charge in [0, 0.05) is 19.4 Å². The Balaban J connectivity index is 2.54. The van der Waals surface area contributed by atoms with Crippen LogP contribution in [0.15, 0.2) is 30.3 Å². The zero-order chi connectivity index (χ0) is 15.5. The number of amides is 2. The molecule has 2 amide bonds. The van der Waals surface area contributed by atoms with Crippen LogP contribution < -0.4 is 10.6 Å². The first-order valence-corrected chi connectivity index (χ1v) is 6.88. The van der Waals surface area contributed by atoms with E-state index in [1.165, 1.54) is 0 Å². The van der Waals surface area contributed by atoms with Crippen molar-refractivity contribution in [1.29, 1.82) is 0 Å². The molecule has 0 heterocycles. The molecule has 0 radical (unpaired) electrons. The number of carboxylic acid groups (broad SMARTS) is 1. The maximum Gasteiger partial charge on any atom is 0.315 e. The minimum atomic E-state index is -0.882. The Bertz CT molecular complexity index is 494. The van der Waals surface area contributed by atoms with Crippen molar-refractivity contribution in [2.75, 3.05) is 6.54 Å². The summed E-state index contributed by atoms with van der Waals surface area (Å²) in [5.41, 5.74) is 0.887. The standard InChI is InChI=1S/C16H20N2O3/c1-2-3-7-12-17-16(21)18-14(10-11-15(19)20)13-8-5-4-6-9-13/h1,4-6,8-9,14H,3,7,10-12H2,(H,19,20)(H2,17,18,21). The van der Waals surface area contributed by atoms with Crippen molar-refractivity contribution < 1.29 is 14.7 Å². The fourth-order valence-electron chi connectivity index (χ4n) is 1.88. The molecule has 0 saturated heterocycles. The molecule has 1 rings (SSSR count). The third-order valence-electron chi connectivity index (χ3n) is 2.94. The molecule has 1 aromatic rings. The number of unbranched alkanes of at least 4 members (excludes halogenated alkanes) is 1. The molecular weight excluding hydrogens is 268 g/mol. The second-order valence-electron chi connectivity index (χ2n) is 4.60. The number of hydrogen-bond donors (Lipinski definition) is 3. The van der Waals surface area contributed by atoms with Gasteiger partial charge in [-0.2, -0.15) is 0 Å². The lowest BCUT2D eigenvalue weighted by Gasteiger charge is -2.19. The summed E-state index contributed by atoms with van der Waals surface area (Å²) in [7, 11) is 0. The van der Waals surface area contributed by atoms with Gasteiger partial charge in [-0.1, -0.05) is 30.3 Å². The van der Waals surface area contributed by atoms with Gasteiger partial charge in [0.05, 0.1) is 6.04 Å². The van der Waals surface area contributed by atoms with Crippen LogP contribution >= 0.6 is 0 Å². The molecule has 0 aliphatic carbocycles. The molecule has 0 saturated carbocycles. The Morgan fingerprint density at radius 2 is 2.00 bits per heavy atom. The summed E-state index contributed by atoms with van der Waals surface area (Å²) < 4.78 is 0. The van der Waals surface area contributed by atoms with Crippen molar-refractivity contribution >= 4 is 12.0 Å². The van der Waals surface area contributed by atoms with Crippen molar-refractivity contribution in [2.24, 2.45) is 0 Å². The van der Waals surface area contributed by atoms with Crippen molar-refractivity contribution in [1.82, 2.24) is 10.6 Å². The molecule has 0 aliphatic rings. The average Bonchev–Trinajstić information content (AvgIpc) is 2.48. The molecule has 3 N–H and O–H groups in total.